The van der Waals surface area contributed by atoms with E-state index in [1.807, 2.05) is 35.8 Å². The van der Waals surface area contributed by atoms with E-state index in [2.05, 4.69) is 15.9 Å². The van der Waals surface area contributed by atoms with Crippen LogP contribution in [0.3, 0.4) is 0 Å². The van der Waals surface area contributed by atoms with Gasteiger partial charge in [-0.25, -0.2) is 4.85 Å². The van der Waals surface area contributed by atoms with Crippen LogP contribution in [0, 0.1) is 24.8 Å². The molecule has 122 valence electrons. The van der Waals surface area contributed by atoms with Gasteiger partial charge in [-0.15, -0.1) is 0 Å². The molecule has 2 aromatic heterocycles. The summed E-state index contributed by atoms with van der Waals surface area (Å²) in [6.07, 6.45) is 3.49. The van der Waals surface area contributed by atoms with Gasteiger partial charge in [0.25, 0.3) is 0 Å². The van der Waals surface area contributed by atoms with Gasteiger partial charge in [-0.05, 0) is 24.1 Å². The molecule has 0 amide bonds. The second-order valence-corrected chi connectivity index (χ2v) is 5.66. The predicted octanol–water partition coefficient (Wildman–Crippen LogP) is 3.82. The fourth-order valence-corrected chi connectivity index (χ4v) is 3.00. The highest BCUT2D eigenvalue weighted by Gasteiger charge is 2.21. The van der Waals surface area contributed by atoms with Crippen molar-refractivity contribution in [3.05, 3.63) is 82.7 Å². The third-order valence-corrected chi connectivity index (χ3v) is 4.24. The van der Waals surface area contributed by atoms with Crippen molar-refractivity contribution in [1.82, 2.24) is 9.55 Å². The third kappa shape index (κ3) is 3.01. The van der Waals surface area contributed by atoms with Crippen LogP contribution < -0.4 is 0 Å². The molecule has 0 aliphatic rings. The Labute approximate surface area is 146 Å². The van der Waals surface area contributed by atoms with E-state index in [1.165, 1.54) is 0 Å². The molecule has 2 heterocycles. The molecule has 0 unspecified atom stereocenters. The molecule has 25 heavy (non-hydrogen) atoms. The van der Waals surface area contributed by atoms with Crippen molar-refractivity contribution in [3.63, 3.8) is 0 Å². The second-order valence-electron chi connectivity index (χ2n) is 5.66. The van der Waals surface area contributed by atoms with Crippen LogP contribution in [0.1, 0.15) is 22.5 Å². The molecule has 0 bridgehead atoms. The zero-order valence-electron chi connectivity index (χ0n) is 13.8. The van der Waals surface area contributed by atoms with Crippen LogP contribution in [0.4, 0.5) is 5.69 Å². The molecule has 0 fully saturated rings. The van der Waals surface area contributed by atoms with E-state index in [4.69, 9.17) is 6.57 Å². The zero-order valence-corrected chi connectivity index (χ0v) is 13.8. The quantitative estimate of drug-likeness (QED) is 0.740. The number of nitrogens with zero attached hydrogens (tertiary/aromatic N) is 4. The number of aromatic nitrogens is 2. The molecule has 3 rings (SSSR count). The van der Waals surface area contributed by atoms with Gasteiger partial charge in [0, 0.05) is 30.2 Å². The van der Waals surface area contributed by atoms with Crippen molar-refractivity contribution < 1.29 is 5.11 Å². The Kier molecular flexibility index (Phi) is 4.61. The summed E-state index contributed by atoms with van der Waals surface area (Å²) in [5, 5.41) is 19.6. The van der Waals surface area contributed by atoms with Gasteiger partial charge < -0.3 is 9.67 Å². The van der Waals surface area contributed by atoms with Crippen LogP contribution in [-0.4, -0.2) is 14.7 Å². The van der Waals surface area contributed by atoms with Crippen molar-refractivity contribution in [2.24, 2.45) is 0 Å². The third-order valence-electron chi connectivity index (χ3n) is 4.24. The van der Waals surface area contributed by atoms with E-state index in [1.54, 1.807) is 24.5 Å². The summed E-state index contributed by atoms with van der Waals surface area (Å²) in [7, 11) is 0. The molecule has 0 saturated carbocycles. The molecule has 1 aromatic carbocycles. The Hall–Kier alpha value is -3.41. The van der Waals surface area contributed by atoms with Crippen LogP contribution >= 0.6 is 0 Å². The minimum atomic E-state index is -0.178. The number of nitriles is 1. The van der Waals surface area contributed by atoms with Gasteiger partial charge >= 0.3 is 0 Å². The van der Waals surface area contributed by atoms with Gasteiger partial charge in [-0.2, -0.15) is 5.26 Å². The first-order valence-corrected chi connectivity index (χ1v) is 7.79. The van der Waals surface area contributed by atoms with E-state index < -0.39 is 0 Å². The summed E-state index contributed by atoms with van der Waals surface area (Å²) in [6.45, 7) is 9.30. The molecule has 0 spiro atoms. The summed E-state index contributed by atoms with van der Waals surface area (Å²) in [6, 6.07) is 13.2. The number of hydrogen-bond acceptors (Lipinski definition) is 3. The molecule has 0 aliphatic heterocycles. The first kappa shape index (κ1) is 16.4. The minimum Gasteiger partial charge on any atom is -0.390 e. The van der Waals surface area contributed by atoms with Gasteiger partial charge in [0.15, 0.2) is 5.69 Å². The summed E-state index contributed by atoms with van der Waals surface area (Å²) in [5.74, 6) is 0. The molecule has 0 radical (unpaired) electrons. The maximum absolute atomic E-state index is 9.98. The van der Waals surface area contributed by atoms with Crippen LogP contribution in [0.5, 0.6) is 0 Å². The van der Waals surface area contributed by atoms with Gasteiger partial charge in [-0.3, -0.25) is 4.98 Å². The first-order valence-electron chi connectivity index (χ1n) is 7.79. The highest BCUT2D eigenvalue weighted by atomic mass is 16.3. The topological polar surface area (TPSA) is 66.2 Å². The molecule has 5 nitrogen and oxygen atoms in total. The van der Waals surface area contributed by atoms with Crippen molar-refractivity contribution >= 4 is 5.69 Å². The number of rotatable bonds is 4. The molecule has 0 aliphatic carbocycles. The van der Waals surface area contributed by atoms with Crippen molar-refractivity contribution in [3.8, 4) is 17.2 Å². The zero-order chi connectivity index (χ0) is 17.8. The first-order chi connectivity index (χ1) is 12.2. The van der Waals surface area contributed by atoms with E-state index in [-0.39, 0.29) is 6.61 Å². The maximum Gasteiger partial charge on any atom is 0.187 e. The molecular formula is C20H16N4O. The SMILES string of the molecule is [C-]#[N+]c1ccc(-c2c(C#N)c(C)n(Cc3cccnc3)c2CO)cc1. The normalized spacial score (nSPS) is 10.2. The average molecular weight is 328 g/mol. The minimum absolute atomic E-state index is 0.178. The van der Waals surface area contributed by atoms with Crippen molar-refractivity contribution in [2.45, 2.75) is 20.1 Å². The van der Waals surface area contributed by atoms with Gasteiger partial charge in [0.05, 0.1) is 24.4 Å². The number of pyridine rings is 1. The Bertz CT molecular complexity index is 974. The summed E-state index contributed by atoms with van der Waals surface area (Å²) in [5.41, 5.74) is 5.12. The molecule has 0 saturated heterocycles. The number of hydrogen-bond donors (Lipinski definition) is 1. The molecule has 1 N–H and O–H groups in total. The standard InChI is InChI=1S/C20H16N4O/c1-14-18(10-21)20(16-5-7-17(22-2)8-6-16)19(13-25)24(14)12-15-4-3-9-23-11-15/h3-9,11,25H,12-13H2,1H3. The number of benzene rings is 1. The van der Waals surface area contributed by atoms with Gasteiger partial charge in [-0.1, -0.05) is 30.3 Å². The van der Waals surface area contributed by atoms with Crippen LogP contribution in [0.2, 0.25) is 0 Å². The largest absolute Gasteiger partial charge is 0.390 e. The maximum atomic E-state index is 9.98. The lowest BCUT2D eigenvalue weighted by molar-refractivity contribution is 0.272. The van der Waals surface area contributed by atoms with Gasteiger partial charge in [0.2, 0.25) is 0 Å². The smallest absolute Gasteiger partial charge is 0.187 e. The van der Waals surface area contributed by atoms with E-state index in [0.29, 0.717) is 23.5 Å². The van der Waals surface area contributed by atoms with Crippen LogP contribution in [0.25, 0.3) is 16.0 Å². The van der Waals surface area contributed by atoms with E-state index in [9.17, 15) is 10.4 Å². The fourth-order valence-electron chi connectivity index (χ4n) is 3.00. The Morgan fingerprint density at radius 3 is 2.60 bits per heavy atom. The van der Waals surface area contributed by atoms with Crippen LogP contribution in [-0.2, 0) is 13.2 Å². The van der Waals surface area contributed by atoms with E-state index >= 15 is 0 Å². The lowest BCUT2D eigenvalue weighted by Gasteiger charge is -2.11. The predicted molar refractivity (Wildman–Crippen MR) is 94.8 cm³/mol. The van der Waals surface area contributed by atoms with E-state index in [0.717, 1.165) is 22.4 Å². The average Bonchev–Trinajstić information content (AvgIpc) is 2.93. The Morgan fingerprint density at radius 2 is 2.04 bits per heavy atom. The monoisotopic (exact) mass is 328 g/mol. The summed E-state index contributed by atoms with van der Waals surface area (Å²) in [4.78, 5) is 7.52. The molecular weight excluding hydrogens is 312 g/mol. The lowest BCUT2D eigenvalue weighted by atomic mass is 10.0. The van der Waals surface area contributed by atoms with Crippen molar-refractivity contribution in [2.75, 3.05) is 0 Å². The Balaban J connectivity index is 2.16. The Morgan fingerprint density at radius 1 is 1.28 bits per heavy atom. The number of aliphatic hydroxyl groups is 1. The number of aliphatic hydroxyl groups excluding tert-OH is 1. The summed E-state index contributed by atoms with van der Waals surface area (Å²) < 4.78 is 1.95. The fraction of sp³-hybridized carbons (Fsp3) is 0.150. The molecule has 0 atom stereocenters. The molecule has 5 heteroatoms. The van der Waals surface area contributed by atoms with Gasteiger partial charge in [0.1, 0.15) is 6.07 Å². The molecule has 3 aromatic rings. The highest BCUT2D eigenvalue weighted by molar-refractivity contribution is 5.76. The lowest BCUT2D eigenvalue weighted by Crippen LogP contribution is -2.07. The highest BCUT2D eigenvalue weighted by Crippen LogP contribution is 2.34. The van der Waals surface area contributed by atoms with Crippen molar-refractivity contribution in [1.29, 1.82) is 5.26 Å². The summed E-state index contributed by atoms with van der Waals surface area (Å²) >= 11 is 0. The second kappa shape index (κ2) is 7.00. The van der Waals surface area contributed by atoms with Crippen LogP contribution in [0.15, 0.2) is 48.8 Å².